The lowest BCUT2D eigenvalue weighted by atomic mass is 10.0. The zero-order valence-corrected chi connectivity index (χ0v) is 74.0. The van der Waals surface area contributed by atoms with Crippen molar-refractivity contribution < 1.29 is 4.39 Å². The van der Waals surface area contributed by atoms with Gasteiger partial charge in [0.05, 0.1) is 28.6 Å². The van der Waals surface area contributed by atoms with Crippen LogP contribution in [0.3, 0.4) is 0 Å². The molecule has 0 saturated carbocycles. The number of hydrogen-bond acceptors (Lipinski definition) is 6. The Hall–Kier alpha value is 6.21. The van der Waals surface area contributed by atoms with Crippen molar-refractivity contribution in [3.63, 3.8) is 0 Å². The van der Waals surface area contributed by atoms with Crippen molar-refractivity contribution in [1.29, 1.82) is 10.5 Å². The molecule has 0 aliphatic heterocycles. The van der Waals surface area contributed by atoms with E-state index in [0.29, 0.717) is 11.4 Å². The van der Waals surface area contributed by atoms with Gasteiger partial charge >= 0.3 is 0 Å². The van der Waals surface area contributed by atoms with E-state index in [9.17, 15) is 9.65 Å². The molecule has 1 aromatic heterocycles. The van der Waals surface area contributed by atoms with E-state index in [0.717, 1.165) is 17.2 Å². The van der Waals surface area contributed by atoms with Gasteiger partial charge in [0.25, 0.3) is 0 Å². The quantitative estimate of drug-likeness (QED) is 0.280. The van der Waals surface area contributed by atoms with E-state index in [1.165, 1.54) is 23.8 Å². The predicted octanol–water partition coefficient (Wildman–Crippen LogP) is 5.24. The molecule has 0 amide bonds. The Morgan fingerprint density at radius 1 is 0.312 bits per heavy atom. The van der Waals surface area contributed by atoms with E-state index < -0.39 is 5.82 Å². The fourth-order valence-corrected chi connectivity index (χ4v) is 124. The first-order valence-electron chi connectivity index (χ1n) is 16.7. The molecule has 0 unspecified atom stereocenters. The first-order chi connectivity index (χ1) is 38.1. The molecule has 0 aliphatic rings. The van der Waals surface area contributed by atoms with Gasteiger partial charge in [0.2, 0.25) is 0 Å². The number of hydrogen-bond donors (Lipinski definition) is 0. The van der Waals surface area contributed by atoms with E-state index >= 15 is 0 Å². The van der Waals surface area contributed by atoms with Gasteiger partial charge in [0, 0.05) is 448 Å². The molecule has 424 valence electrons. The number of nitriles is 2. The maximum atomic E-state index is 14.3. The van der Waals surface area contributed by atoms with E-state index in [1.54, 1.807) is 113 Å². The largest absolute Gasteiger partial charge is 0.228 e. The number of nitrogens with zero attached hydrogens (tertiary/aromatic N) is 4. The Balaban J connectivity index is 0.000000452. The van der Waals surface area contributed by atoms with Gasteiger partial charge in [0.15, 0.2) is 5.82 Å². The summed E-state index contributed by atoms with van der Waals surface area (Å²) in [5.74, 6) is -0.485. The first-order valence-corrected chi connectivity index (χ1v) is 79.3. The van der Waals surface area contributed by atoms with Crippen molar-refractivity contribution in [2.75, 3.05) is 0 Å². The monoisotopic (exact) mass is 1910 g/mol. The number of aromatic nitrogens is 2. The van der Waals surface area contributed by atoms with Gasteiger partial charge in [-0.05, 0) is 18.2 Å². The summed E-state index contributed by atoms with van der Waals surface area (Å²) < 4.78 is 14.3. The normalized spacial score (nSPS) is 8.66. The van der Waals surface area contributed by atoms with Crippen molar-refractivity contribution in [1.82, 2.24) is 9.97 Å². The molecule has 3 aromatic carbocycles. The summed E-state index contributed by atoms with van der Waals surface area (Å²) in [5.41, 5.74) is 3.27. The number of rotatable bonds is 3. The van der Waals surface area contributed by atoms with Crippen molar-refractivity contribution in [3.8, 4) is 46.0 Å². The van der Waals surface area contributed by atoms with Gasteiger partial charge in [0.1, 0.15) is 11.9 Å². The van der Waals surface area contributed by atoms with Crippen LogP contribution in [-0.2, 0) is 431 Å². The maximum absolute atomic E-state index is 14.3. The van der Waals surface area contributed by atoms with Crippen LogP contribution in [0.5, 0.6) is 0 Å². The topological polar surface area (TPSA) is 73.4 Å². The van der Waals surface area contributed by atoms with Crippen LogP contribution in [0, 0.1) is 28.5 Å². The first kappa shape index (κ1) is 77.5. The summed E-state index contributed by atoms with van der Waals surface area (Å²) in [6.07, 6.45) is 0. The Morgan fingerprint density at radius 2 is 0.545 bits per heavy atom. The molecule has 4 nitrogen and oxygen atoms in total. The highest BCUT2D eigenvalue weighted by Crippen LogP contribution is 2.30. The van der Waals surface area contributed by atoms with Crippen molar-refractivity contribution in [2.24, 2.45) is 0 Å². The SMILES string of the molecule is N#Cc1cc(C#N)c(-c2nc(-c3ccccc3)cc(-c3ccccc3)n2)cc1F.S=S=S=S=S=S=S=S=S=S=S=S=S=S=S=S=S=S=S=S=S=S=S=S=S=S=S=S=S=S=S=S=S=S=S=S=S=S=S=S=S=S=S=S=S=S=S=S. The van der Waals surface area contributed by atoms with Crippen LogP contribution in [0.1, 0.15) is 11.1 Å². The van der Waals surface area contributed by atoms with Crippen LogP contribution in [0.25, 0.3) is 33.9 Å². The molecule has 0 aliphatic carbocycles. The van der Waals surface area contributed by atoms with Gasteiger partial charge in [-0.1, -0.05) is 60.7 Å². The van der Waals surface area contributed by atoms with Gasteiger partial charge < -0.3 is 0 Å². The minimum absolute atomic E-state index is 0.146. The Morgan fingerprint density at radius 3 is 0.766 bits per heavy atom. The molecule has 0 spiro atoms. The third-order valence-corrected chi connectivity index (χ3v) is 106. The molecule has 0 bridgehead atoms. The molecular weight excluding hydrogens is 1900 g/mol. The summed E-state index contributed by atoms with van der Waals surface area (Å²) in [4.78, 5) is 9.19. The van der Waals surface area contributed by atoms with Crippen LogP contribution in [-0.4, -0.2) is 9.97 Å². The molecule has 0 atom stereocenters. The van der Waals surface area contributed by atoms with E-state index in [2.05, 4.69) is 9.97 Å². The summed E-state index contributed by atoms with van der Waals surface area (Å²) in [6.45, 7) is 0. The van der Waals surface area contributed by atoms with Gasteiger partial charge in [-0.3, -0.25) is 0 Å². The molecule has 53 heteroatoms. The fourth-order valence-electron chi connectivity index (χ4n) is 3.52. The smallest absolute Gasteiger partial charge is 0.161 e. The van der Waals surface area contributed by atoms with Crippen LogP contribution < -0.4 is 0 Å². The van der Waals surface area contributed by atoms with Gasteiger partial charge in [-0.15, -0.1) is 0 Å². The second-order valence-electron chi connectivity index (χ2n) is 9.43. The molecule has 0 saturated heterocycles. The van der Waals surface area contributed by atoms with Crippen LogP contribution in [0.4, 0.5) is 4.39 Å². The zero-order valence-electron chi connectivity index (χ0n) is 34.8. The van der Waals surface area contributed by atoms with Crippen LogP contribution >= 0.6 is 0 Å². The van der Waals surface area contributed by atoms with E-state index in [1.807, 2.05) is 357 Å². The molecule has 4 aromatic rings. The lowest BCUT2D eigenvalue weighted by molar-refractivity contribution is 0.624. The summed E-state index contributed by atoms with van der Waals surface area (Å²) in [5, 5.41) is 18.6. The predicted molar refractivity (Wildman–Crippen MR) is 461 cm³/mol. The van der Waals surface area contributed by atoms with E-state index in [4.69, 9.17) is 27.6 Å². The third kappa shape index (κ3) is 42.8. The number of halogens is 1. The molecule has 4 rings (SSSR count). The van der Waals surface area contributed by atoms with Crippen LogP contribution in [0.2, 0.25) is 0 Å². The molecule has 1 heterocycles. The average molecular weight is 1920 g/mol. The highest BCUT2D eigenvalue weighted by molar-refractivity contribution is 8.82. The van der Waals surface area contributed by atoms with E-state index in [-0.39, 0.29) is 22.5 Å². The second kappa shape index (κ2) is 58.6. The summed E-state index contributed by atoms with van der Waals surface area (Å²) in [6, 6.07) is 27.1. The second-order valence-corrected chi connectivity index (χ2v) is 90.8. The molecular formula is C24H13FN4S48. The van der Waals surface area contributed by atoms with Gasteiger partial charge in [-0.25, -0.2) is 14.4 Å². The molecule has 0 fully saturated rings. The Bertz CT molecular complexity index is 4910. The molecule has 0 N–H and O–H groups in total. The van der Waals surface area contributed by atoms with Crippen molar-refractivity contribution in [2.45, 2.75) is 0 Å². The highest BCUT2D eigenvalue weighted by Gasteiger charge is 2.16. The van der Waals surface area contributed by atoms with Gasteiger partial charge in [-0.2, -0.15) is 10.5 Å². The van der Waals surface area contributed by atoms with Crippen molar-refractivity contribution in [3.05, 3.63) is 95.8 Å². The molecule has 0 radical (unpaired) electrons. The Kier molecular flexibility index (Phi) is 58.9. The Labute approximate surface area is 583 Å². The zero-order chi connectivity index (χ0) is 54.7. The van der Waals surface area contributed by atoms with Crippen LogP contribution in [0.15, 0.2) is 78.9 Å². The summed E-state index contributed by atoms with van der Waals surface area (Å²) in [7, 11) is 82.0. The number of benzene rings is 3. The maximum Gasteiger partial charge on any atom is 0.161 e. The average Bonchev–Trinajstić information content (AvgIpc) is 3.46. The third-order valence-electron chi connectivity index (χ3n) is 5.70. The minimum Gasteiger partial charge on any atom is -0.228 e. The standard InChI is InChI=1S/C24H13FN4.S48/c25-21-12-20(18(14-26)11-19(21)15-27)24-28-22(16-7-3-1-4-8-16)13-23(29-24)17-9-5-2-6-10-17;1-3-5-7-9-11-13-15-17-19-21-23-25-27-29-31-33-35-37-39-41-43-45-47-48-46-44-42-40-38-36-34-32-30-28-26-24-22-20-18-16-14-12-10-8-6-4-2/h1-13H;. The molecule has 77 heavy (non-hydrogen) atoms. The summed E-state index contributed by atoms with van der Waals surface area (Å²) >= 11 is 9.62. The minimum atomic E-state index is -0.712. The lowest BCUT2D eigenvalue weighted by Crippen LogP contribution is -1.99. The lowest BCUT2D eigenvalue weighted by Gasteiger charge is -2.10. The highest BCUT2D eigenvalue weighted by atomic mass is 33.5. The fraction of sp³-hybridized carbons (Fsp3) is 0. The van der Waals surface area contributed by atoms with Crippen molar-refractivity contribution >= 4 is 431 Å².